The monoisotopic (exact) mass is 374 g/mol. The average molecular weight is 374 g/mol. The van der Waals surface area contributed by atoms with E-state index in [4.69, 9.17) is 4.74 Å². The van der Waals surface area contributed by atoms with Crippen LogP contribution in [0.3, 0.4) is 0 Å². The van der Waals surface area contributed by atoms with Gasteiger partial charge < -0.3 is 10.1 Å². The van der Waals surface area contributed by atoms with Gasteiger partial charge in [-0.2, -0.15) is 5.10 Å². The molecule has 0 saturated heterocycles. The van der Waals surface area contributed by atoms with Crippen molar-refractivity contribution in [1.29, 1.82) is 0 Å². The van der Waals surface area contributed by atoms with Crippen LogP contribution >= 0.6 is 0 Å². The number of fused-ring (bicyclic) bond motifs is 1. The van der Waals surface area contributed by atoms with E-state index in [1.165, 1.54) is 0 Å². The van der Waals surface area contributed by atoms with Crippen LogP contribution in [0.25, 0.3) is 16.9 Å². The Morgan fingerprint density at radius 2 is 2.04 bits per heavy atom. The highest BCUT2D eigenvalue weighted by Crippen LogP contribution is 2.52. The maximum absolute atomic E-state index is 6.06. The third-order valence-electron chi connectivity index (χ3n) is 5.64. The molecule has 6 rings (SSSR count). The van der Waals surface area contributed by atoms with E-state index in [0.29, 0.717) is 12.6 Å². The van der Waals surface area contributed by atoms with Crippen LogP contribution in [0.2, 0.25) is 0 Å². The molecule has 0 unspecified atom stereocenters. The fourth-order valence-corrected chi connectivity index (χ4v) is 3.86. The molecule has 0 atom stereocenters. The third kappa shape index (κ3) is 2.29. The number of anilines is 2. The van der Waals surface area contributed by atoms with Crippen molar-refractivity contribution in [3.05, 3.63) is 42.5 Å². The van der Waals surface area contributed by atoms with Gasteiger partial charge in [0.05, 0.1) is 18.5 Å². The molecule has 1 spiro atoms. The molecule has 140 valence electrons. The van der Waals surface area contributed by atoms with E-state index in [1.807, 2.05) is 31.3 Å². The van der Waals surface area contributed by atoms with E-state index in [0.717, 1.165) is 53.7 Å². The number of aryl methyl sites for hydroxylation is 1. The number of aromatic nitrogens is 7. The first-order valence-electron chi connectivity index (χ1n) is 9.33. The molecule has 0 bridgehead atoms. The third-order valence-corrected chi connectivity index (χ3v) is 5.64. The Morgan fingerprint density at radius 3 is 2.86 bits per heavy atom. The largest absolute Gasteiger partial charge is 0.478 e. The first-order chi connectivity index (χ1) is 13.7. The van der Waals surface area contributed by atoms with Crippen molar-refractivity contribution in [1.82, 2.24) is 34.3 Å². The molecule has 4 aromatic heterocycles. The van der Waals surface area contributed by atoms with Gasteiger partial charge in [-0.1, -0.05) is 0 Å². The van der Waals surface area contributed by atoms with Crippen molar-refractivity contribution in [2.24, 2.45) is 7.05 Å². The predicted octanol–water partition coefficient (Wildman–Crippen LogP) is 2.48. The topological polar surface area (TPSA) is 95.1 Å². The fraction of sp³-hybridized carbons (Fsp3) is 0.316. The Morgan fingerprint density at radius 1 is 1.11 bits per heavy atom. The maximum Gasteiger partial charge on any atom is 0.228 e. The summed E-state index contributed by atoms with van der Waals surface area (Å²) in [4.78, 5) is 8.97. The Hall–Kier alpha value is -3.49. The van der Waals surface area contributed by atoms with Gasteiger partial charge in [0.25, 0.3) is 0 Å². The lowest BCUT2D eigenvalue weighted by Gasteiger charge is -2.10. The van der Waals surface area contributed by atoms with Crippen molar-refractivity contribution in [2.75, 3.05) is 11.9 Å². The van der Waals surface area contributed by atoms with Crippen LogP contribution in [0.5, 0.6) is 5.88 Å². The second-order valence-corrected chi connectivity index (χ2v) is 7.41. The minimum absolute atomic E-state index is 0.154. The van der Waals surface area contributed by atoms with Crippen LogP contribution in [0.4, 0.5) is 11.8 Å². The van der Waals surface area contributed by atoms with Crippen LogP contribution in [0.15, 0.2) is 36.7 Å². The summed E-state index contributed by atoms with van der Waals surface area (Å²) in [7, 11) is 1.86. The van der Waals surface area contributed by atoms with Gasteiger partial charge in [-0.25, -0.2) is 14.4 Å². The normalized spacial score (nSPS) is 16.8. The first-order valence-corrected chi connectivity index (χ1v) is 9.33. The highest BCUT2D eigenvalue weighted by Gasteiger charge is 2.49. The molecule has 0 amide bonds. The number of hydrogen-bond donors (Lipinski definition) is 1. The van der Waals surface area contributed by atoms with E-state index >= 15 is 0 Å². The van der Waals surface area contributed by atoms with Gasteiger partial charge in [0.1, 0.15) is 11.6 Å². The van der Waals surface area contributed by atoms with Gasteiger partial charge in [0.2, 0.25) is 11.8 Å². The Bertz CT molecular complexity index is 1210. The van der Waals surface area contributed by atoms with E-state index < -0.39 is 0 Å². The average Bonchev–Trinajstić information content (AvgIpc) is 3.23. The van der Waals surface area contributed by atoms with E-state index in [1.54, 1.807) is 17.1 Å². The molecule has 5 heterocycles. The summed E-state index contributed by atoms with van der Waals surface area (Å²) in [6.07, 6.45) is 6.77. The number of rotatable bonds is 3. The van der Waals surface area contributed by atoms with E-state index in [9.17, 15) is 0 Å². The Labute approximate surface area is 160 Å². The smallest absolute Gasteiger partial charge is 0.228 e. The molecule has 1 fully saturated rings. The number of nitrogens with one attached hydrogen (secondary N) is 1. The molecular weight excluding hydrogens is 356 g/mol. The summed E-state index contributed by atoms with van der Waals surface area (Å²) in [6, 6.07) is 7.76. The lowest BCUT2D eigenvalue weighted by Crippen LogP contribution is -2.11. The van der Waals surface area contributed by atoms with Gasteiger partial charge in [-0.05, 0) is 31.4 Å². The standard InChI is InChI=1S/C19H18N8O/c1-26-14(3-8-21-26)23-18-20-7-2-13(22-18)12-10-15-24-25-17-19(4-5-19)6-9-28-16(11-12)27(15)17/h2-3,7-8,10-11H,4-6,9H2,1H3,(H,20,22,23). The lowest BCUT2D eigenvalue weighted by atomic mass is 10.0. The maximum atomic E-state index is 6.06. The number of hydrogen-bond acceptors (Lipinski definition) is 7. The van der Waals surface area contributed by atoms with Gasteiger partial charge in [-0.3, -0.25) is 4.68 Å². The quantitative estimate of drug-likeness (QED) is 0.588. The van der Waals surface area contributed by atoms with Crippen LogP contribution in [-0.4, -0.2) is 41.0 Å². The molecule has 0 radical (unpaired) electrons. The molecule has 9 heteroatoms. The van der Waals surface area contributed by atoms with Crippen molar-refractivity contribution in [2.45, 2.75) is 24.7 Å². The van der Waals surface area contributed by atoms with E-state index in [-0.39, 0.29) is 5.41 Å². The number of nitrogens with zero attached hydrogens (tertiary/aromatic N) is 7. The summed E-state index contributed by atoms with van der Waals surface area (Å²) in [5, 5.41) is 16.2. The van der Waals surface area contributed by atoms with Gasteiger partial charge >= 0.3 is 0 Å². The molecule has 4 aromatic rings. The van der Waals surface area contributed by atoms with Crippen LogP contribution < -0.4 is 10.1 Å². The second kappa shape index (κ2) is 5.51. The summed E-state index contributed by atoms with van der Waals surface area (Å²) in [5.41, 5.74) is 2.65. The summed E-state index contributed by atoms with van der Waals surface area (Å²) >= 11 is 0. The number of ether oxygens (including phenoxy) is 1. The van der Waals surface area contributed by atoms with Crippen molar-refractivity contribution < 1.29 is 4.74 Å². The summed E-state index contributed by atoms with van der Waals surface area (Å²) < 4.78 is 9.85. The van der Waals surface area contributed by atoms with Crippen molar-refractivity contribution >= 4 is 17.4 Å². The highest BCUT2D eigenvalue weighted by atomic mass is 16.5. The molecule has 1 aliphatic heterocycles. The fourth-order valence-electron chi connectivity index (χ4n) is 3.86. The zero-order valence-electron chi connectivity index (χ0n) is 15.3. The first kappa shape index (κ1) is 15.6. The molecular formula is C19H18N8O. The minimum atomic E-state index is 0.154. The van der Waals surface area contributed by atoms with Gasteiger partial charge in [0, 0.05) is 36.4 Å². The lowest BCUT2D eigenvalue weighted by molar-refractivity contribution is 0.294. The highest BCUT2D eigenvalue weighted by molar-refractivity contribution is 5.67. The van der Waals surface area contributed by atoms with Crippen LogP contribution in [0.1, 0.15) is 25.1 Å². The second-order valence-electron chi connectivity index (χ2n) is 7.41. The van der Waals surface area contributed by atoms with Crippen LogP contribution in [-0.2, 0) is 12.5 Å². The minimum Gasteiger partial charge on any atom is -0.478 e. The van der Waals surface area contributed by atoms with Gasteiger partial charge in [-0.15, -0.1) is 10.2 Å². The van der Waals surface area contributed by atoms with E-state index in [2.05, 4.69) is 35.0 Å². The molecule has 0 aromatic carbocycles. The van der Waals surface area contributed by atoms with Gasteiger partial charge in [0.15, 0.2) is 5.65 Å². The SMILES string of the molecule is Cn1nccc1Nc1nccc(-c2cc3n4c(nnc4c2)C2(CCO3)CC2)n1. The molecule has 28 heavy (non-hydrogen) atoms. The Balaban J connectivity index is 1.42. The molecule has 1 saturated carbocycles. The zero-order valence-corrected chi connectivity index (χ0v) is 15.3. The Kier molecular flexibility index (Phi) is 3.06. The van der Waals surface area contributed by atoms with Crippen molar-refractivity contribution in [3.63, 3.8) is 0 Å². The summed E-state index contributed by atoms with van der Waals surface area (Å²) in [5.74, 6) is 3.13. The molecule has 2 aliphatic rings. The molecule has 1 aliphatic carbocycles. The van der Waals surface area contributed by atoms with Crippen LogP contribution in [0, 0.1) is 0 Å². The molecule has 9 nitrogen and oxygen atoms in total. The number of pyridine rings is 1. The summed E-state index contributed by atoms with van der Waals surface area (Å²) in [6.45, 7) is 0.693. The van der Waals surface area contributed by atoms with Crippen molar-refractivity contribution in [3.8, 4) is 17.1 Å². The zero-order chi connectivity index (χ0) is 18.7. The molecule has 1 N–H and O–H groups in total. The predicted molar refractivity (Wildman–Crippen MR) is 102 cm³/mol.